The molecule has 0 radical (unpaired) electrons. The number of nitrogens with zero attached hydrogens (tertiary/aromatic N) is 4. The van der Waals surface area contributed by atoms with E-state index in [1.54, 1.807) is 24.3 Å². The first-order valence-corrected chi connectivity index (χ1v) is 10.1. The number of ether oxygens (including phenoxy) is 2. The second-order valence-electron chi connectivity index (χ2n) is 7.35. The summed E-state index contributed by atoms with van der Waals surface area (Å²) in [6.45, 7) is 1.40. The molecule has 0 bridgehead atoms. The van der Waals surface area contributed by atoms with Crippen LogP contribution in [0.1, 0.15) is 34.6 Å². The highest BCUT2D eigenvalue weighted by Crippen LogP contribution is 2.25. The van der Waals surface area contributed by atoms with E-state index in [1.165, 1.54) is 0 Å². The summed E-state index contributed by atoms with van der Waals surface area (Å²) in [5.74, 6) is -2.11. The maximum Gasteiger partial charge on any atom is 0.425 e. The van der Waals surface area contributed by atoms with Crippen LogP contribution < -0.4 is 0 Å². The first kappa shape index (κ1) is 26.5. The zero-order valence-corrected chi connectivity index (χ0v) is 18.5. The van der Waals surface area contributed by atoms with Crippen LogP contribution in [0, 0.1) is 0 Å². The largest absolute Gasteiger partial charge is 0.449 e. The van der Waals surface area contributed by atoms with Crippen molar-refractivity contribution in [3.8, 4) is 22.8 Å². The van der Waals surface area contributed by atoms with Crippen molar-refractivity contribution >= 4 is 11.9 Å². The summed E-state index contributed by atoms with van der Waals surface area (Å²) in [6.07, 6.45) is -9.85. The Morgan fingerprint density at radius 1 is 0.639 bits per heavy atom. The number of rotatable bonds is 6. The van der Waals surface area contributed by atoms with Crippen molar-refractivity contribution in [2.75, 3.05) is 0 Å². The van der Waals surface area contributed by atoms with Gasteiger partial charge in [-0.25, -0.2) is 29.5 Å². The third kappa shape index (κ3) is 6.52. The third-order valence-electron chi connectivity index (χ3n) is 4.67. The molecule has 2 atom stereocenters. The molecule has 36 heavy (non-hydrogen) atoms. The molecule has 1 aromatic carbocycles. The van der Waals surface area contributed by atoms with Gasteiger partial charge in [-0.2, -0.15) is 26.3 Å². The fourth-order valence-electron chi connectivity index (χ4n) is 2.52. The summed E-state index contributed by atoms with van der Waals surface area (Å²) in [7, 11) is 0. The number of hydrogen-bond acceptors (Lipinski definition) is 8. The highest BCUT2D eigenvalue weighted by atomic mass is 19.4. The summed E-state index contributed by atoms with van der Waals surface area (Å²) in [5.41, 5.74) is 0.457. The highest BCUT2D eigenvalue weighted by Gasteiger charge is 2.40. The van der Waals surface area contributed by atoms with Crippen molar-refractivity contribution in [2.24, 2.45) is 0 Å². The van der Waals surface area contributed by atoms with E-state index in [0.29, 0.717) is 25.0 Å². The lowest BCUT2D eigenvalue weighted by atomic mass is 10.1. The molecule has 0 N–H and O–H groups in total. The molecule has 2 heterocycles. The second-order valence-corrected chi connectivity index (χ2v) is 7.35. The monoisotopic (exact) mass is 514 g/mol. The van der Waals surface area contributed by atoms with Gasteiger partial charge in [0.25, 0.3) is 0 Å². The average Bonchev–Trinajstić information content (AvgIpc) is 2.83. The molecule has 3 aromatic rings. The zero-order chi connectivity index (χ0) is 26.7. The molecule has 8 nitrogen and oxygen atoms in total. The van der Waals surface area contributed by atoms with Gasteiger partial charge in [0.2, 0.25) is 0 Å². The lowest BCUT2D eigenvalue weighted by Crippen LogP contribution is -2.31. The van der Waals surface area contributed by atoms with Crippen molar-refractivity contribution in [3.05, 3.63) is 60.2 Å². The quantitative estimate of drug-likeness (QED) is 0.341. The standard InChI is InChI=1S/C22H16F6N4O4/c1-11(21(23,24)25)35-19(33)15-7-29-17(30-8-15)13-3-5-14(6-4-13)18-31-9-16(10-32-18)20(34)36-12(2)22(26,27)28/h3-12H,1-2H3/t11-,12-/m0/s1. The van der Waals surface area contributed by atoms with E-state index in [2.05, 4.69) is 29.4 Å². The van der Waals surface area contributed by atoms with Gasteiger partial charge in [0.15, 0.2) is 23.9 Å². The molecular weight excluding hydrogens is 498 g/mol. The van der Waals surface area contributed by atoms with Crippen LogP contribution in [0.25, 0.3) is 22.8 Å². The average molecular weight is 514 g/mol. The van der Waals surface area contributed by atoms with Gasteiger partial charge in [-0.1, -0.05) is 24.3 Å². The molecule has 0 aliphatic heterocycles. The highest BCUT2D eigenvalue weighted by molar-refractivity contribution is 5.89. The van der Waals surface area contributed by atoms with Gasteiger partial charge in [0, 0.05) is 35.9 Å². The summed E-state index contributed by atoms with van der Waals surface area (Å²) in [5, 5.41) is 0. The van der Waals surface area contributed by atoms with Crippen molar-refractivity contribution in [2.45, 2.75) is 38.4 Å². The Hall–Kier alpha value is -4.10. The smallest absolute Gasteiger partial charge is 0.425 e. The topological polar surface area (TPSA) is 104 Å². The Morgan fingerprint density at radius 2 is 0.917 bits per heavy atom. The lowest BCUT2D eigenvalue weighted by molar-refractivity contribution is -0.198. The van der Waals surface area contributed by atoms with Crippen LogP contribution in [-0.4, -0.2) is 56.4 Å². The summed E-state index contributed by atoms with van der Waals surface area (Å²) >= 11 is 0. The molecule has 0 amide bonds. The summed E-state index contributed by atoms with van der Waals surface area (Å²) in [4.78, 5) is 39.5. The van der Waals surface area contributed by atoms with Crippen LogP contribution in [0.5, 0.6) is 0 Å². The third-order valence-corrected chi connectivity index (χ3v) is 4.67. The first-order chi connectivity index (χ1) is 16.8. The van der Waals surface area contributed by atoms with Gasteiger partial charge in [-0.15, -0.1) is 0 Å². The number of carbonyl (C=O) groups is 2. The van der Waals surface area contributed by atoms with Gasteiger partial charge < -0.3 is 9.47 Å². The van der Waals surface area contributed by atoms with Gasteiger partial charge in [0.1, 0.15) is 0 Å². The molecule has 0 aliphatic carbocycles. The van der Waals surface area contributed by atoms with E-state index in [1.807, 2.05) is 0 Å². The molecule has 2 aromatic heterocycles. The molecule has 190 valence electrons. The number of benzene rings is 1. The van der Waals surface area contributed by atoms with E-state index in [-0.39, 0.29) is 22.8 Å². The molecule has 0 aliphatic rings. The van der Waals surface area contributed by atoms with Crippen molar-refractivity contribution in [3.63, 3.8) is 0 Å². The molecule has 14 heteroatoms. The fraction of sp³-hybridized carbons (Fsp3) is 0.273. The molecule has 0 unspecified atom stereocenters. The van der Waals surface area contributed by atoms with Crippen LogP contribution in [-0.2, 0) is 9.47 Å². The van der Waals surface area contributed by atoms with Crippen molar-refractivity contribution in [1.82, 2.24) is 19.9 Å². The molecule has 0 saturated carbocycles. The molecular formula is C22H16F6N4O4. The van der Waals surface area contributed by atoms with Crippen molar-refractivity contribution < 1.29 is 45.4 Å². The van der Waals surface area contributed by atoms with Crippen molar-refractivity contribution in [1.29, 1.82) is 0 Å². The van der Waals surface area contributed by atoms with Crippen LogP contribution in [0.3, 0.4) is 0 Å². The molecule has 0 saturated heterocycles. The fourth-order valence-corrected chi connectivity index (χ4v) is 2.52. The zero-order valence-electron chi connectivity index (χ0n) is 18.5. The predicted octanol–water partition coefficient (Wildman–Crippen LogP) is 4.82. The van der Waals surface area contributed by atoms with Gasteiger partial charge in [0.05, 0.1) is 11.1 Å². The van der Waals surface area contributed by atoms with Crippen LogP contribution >= 0.6 is 0 Å². The van der Waals surface area contributed by atoms with Gasteiger partial charge >= 0.3 is 24.3 Å². The van der Waals surface area contributed by atoms with Gasteiger partial charge in [-0.3, -0.25) is 0 Å². The molecule has 3 rings (SSSR count). The maximum atomic E-state index is 12.5. The second kappa shape index (κ2) is 10.3. The minimum absolute atomic E-state index is 0.166. The molecule has 0 spiro atoms. The minimum Gasteiger partial charge on any atom is -0.449 e. The SMILES string of the molecule is C[C@H](OC(=O)c1cnc(-c2ccc(-c3ncc(C(=O)O[C@@H](C)C(F)(F)F)cn3)cc2)nc1)C(F)(F)F. The van der Waals surface area contributed by atoms with E-state index in [9.17, 15) is 35.9 Å². The number of aromatic nitrogens is 4. The van der Waals surface area contributed by atoms with Crippen LogP contribution in [0.15, 0.2) is 49.1 Å². The molecule has 0 fully saturated rings. The Morgan fingerprint density at radius 3 is 1.17 bits per heavy atom. The number of esters is 2. The lowest BCUT2D eigenvalue weighted by Gasteiger charge is -2.16. The number of halogens is 6. The number of hydrogen-bond donors (Lipinski definition) is 0. The van der Waals surface area contributed by atoms with Crippen LogP contribution in [0.2, 0.25) is 0 Å². The van der Waals surface area contributed by atoms with E-state index in [0.717, 1.165) is 24.8 Å². The Bertz CT molecular complexity index is 1120. The predicted molar refractivity (Wildman–Crippen MR) is 110 cm³/mol. The summed E-state index contributed by atoms with van der Waals surface area (Å²) < 4.78 is 83.8. The Balaban J connectivity index is 1.67. The number of carbonyl (C=O) groups excluding carboxylic acids is 2. The van der Waals surface area contributed by atoms with E-state index in [4.69, 9.17) is 0 Å². The van der Waals surface area contributed by atoms with Crippen LogP contribution in [0.4, 0.5) is 26.3 Å². The minimum atomic E-state index is -4.70. The number of alkyl halides is 6. The maximum absolute atomic E-state index is 12.5. The van der Waals surface area contributed by atoms with E-state index < -0.39 is 36.5 Å². The Labute approximate surface area is 199 Å². The summed E-state index contributed by atoms with van der Waals surface area (Å²) in [6, 6.07) is 6.30. The normalized spacial score (nSPS) is 13.6. The Kier molecular flexibility index (Phi) is 7.55. The van der Waals surface area contributed by atoms with E-state index >= 15 is 0 Å². The van der Waals surface area contributed by atoms with Gasteiger partial charge in [-0.05, 0) is 13.8 Å². The first-order valence-electron chi connectivity index (χ1n) is 10.1.